The van der Waals surface area contributed by atoms with Crippen LogP contribution < -0.4 is 11.1 Å². The van der Waals surface area contributed by atoms with E-state index >= 15 is 0 Å². The van der Waals surface area contributed by atoms with Gasteiger partial charge in [0.05, 0.1) is 12.7 Å². The van der Waals surface area contributed by atoms with Gasteiger partial charge in [-0.25, -0.2) is 0 Å². The highest BCUT2D eigenvalue weighted by atomic mass is 16.5. The van der Waals surface area contributed by atoms with Crippen molar-refractivity contribution in [3.8, 4) is 0 Å². The summed E-state index contributed by atoms with van der Waals surface area (Å²) in [5.74, 6) is 0.851. The second-order valence-electron chi connectivity index (χ2n) is 5.75. The van der Waals surface area contributed by atoms with E-state index in [2.05, 4.69) is 41.5 Å². The largest absolute Gasteiger partial charge is 0.383 e. The normalized spacial score (nSPS) is 22.5. The zero-order valence-corrected chi connectivity index (χ0v) is 13.5. The molecule has 0 spiro atoms. The summed E-state index contributed by atoms with van der Waals surface area (Å²) in [7, 11) is 1.67. The van der Waals surface area contributed by atoms with Crippen LogP contribution in [0, 0.1) is 12.8 Å². The Hall–Kier alpha value is -1.59. The van der Waals surface area contributed by atoms with Gasteiger partial charge in [-0.3, -0.25) is 4.99 Å². The molecule has 0 saturated carbocycles. The maximum absolute atomic E-state index is 6.00. The number of methoxy groups -OCH3 is 1. The van der Waals surface area contributed by atoms with Crippen molar-refractivity contribution in [2.45, 2.75) is 25.9 Å². The fourth-order valence-corrected chi connectivity index (χ4v) is 2.71. The van der Waals surface area contributed by atoms with E-state index in [9.17, 15) is 0 Å². The first-order chi connectivity index (χ1) is 10.7. The molecule has 0 amide bonds. The molecule has 0 bridgehead atoms. The van der Waals surface area contributed by atoms with Crippen LogP contribution >= 0.6 is 0 Å². The topological polar surface area (TPSA) is 68.9 Å². The SMILES string of the molecule is COCCNC(N)=NCC1CCCOC1c1ccc(C)cc1. The van der Waals surface area contributed by atoms with E-state index in [1.54, 1.807) is 7.11 Å². The Bertz CT molecular complexity index is 473. The van der Waals surface area contributed by atoms with Gasteiger partial charge in [0.2, 0.25) is 0 Å². The van der Waals surface area contributed by atoms with Crippen LogP contribution in [0.5, 0.6) is 0 Å². The number of aliphatic imine (C=N–C) groups is 1. The average molecular weight is 305 g/mol. The van der Waals surface area contributed by atoms with E-state index in [-0.39, 0.29) is 6.10 Å². The number of nitrogens with one attached hydrogen (secondary N) is 1. The molecule has 1 aliphatic heterocycles. The van der Waals surface area contributed by atoms with Crippen LogP contribution in [0.25, 0.3) is 0 Å². The molecule has 1 aliphatic rings. The molecule has 1 aromatic carbocycles. The lowest BCUT2D eigenvalue weighted by Crippen LogP contribution is -2.35. The third kappa shape index (κ3) is 5.00. The number of nitrogens with two attached hydrogens (primary N) is 1. The van der Waals surface area contributed by atoms with Gasteiger partial charge in [0.1, 0.15) is 0 Å². The van der Waals surface area contributed by atoms with Crippen LogP contribution in [0.3, 0.4) is 0 Å². The van der Waals surface area contributed by atoms with E-state index in [0.29, 0.717) is 31.6 Å². The molecule has 1 fully saturated rings. The van der Waals surface area contributed by atoms with E-state index in [1.807, 2.05) is 0 Å². The zero-order valence-electron chi connectivity index (χ0n) is 13.5. The van der Waals surface area contributed by atoms with Crippen LogP contribution in [0.2, 0.25) is 0 Å². The summed E-state index contributed by atoms with van der Waals surface area (Å²) in [4.78, 5) is 4.46. The fourth-order valence-electron chi connectivity index (χ4n) is 2.71. The number of ether oxygens (including phenoxy) is 2. The lowest BCUT2D eigenvalue weighted by Gasteiger charge is -2.31. The highest BCUT2D eigenvalue weighted by Crippen LogP contribution is 2.33. The molecule has 1 heterocycles. The monoisotopic (exact) mass is 305 g/mol. The molecule has 22 heavy (non-hydrogen) atoms. The molecular formula is C17H27N3O2. The molecule has 1 aromatic rings. The van der Waals surface area contributed by atoms with Crippen LogP contribution in [0.15, 0.2) is 29.3 Å². The maximum atomic E-state index is 6.00. The van der Waals surface area contributed by atoms with Crippen molar-refractivity contribution in [2.24, 2.45) is 16.6 Å². The van der Waals surface area contributed by atoms with Crippen LogP contribution in [0.1, 0.15) is 30.1 Å². The third-order valence-electron chi connectivity index (χ3n) is 3.96. The van der Waals surface area contributed by atoms with Crippen molar-refractivity contribution in [3.05, 3.63) is 35.4 Å². The average Bonchev–Trinajstić information content (AvgIpc) is 2.54. The molecular weight excluding hydrogens is 278 g/mol. The van der Waals surface area contributed by atoms with Crippen LogP contribution in [-0.4, -0.2) is 39.4 Å². The van der Waals surface area contributed by atoms with Gasteiger partial charge in [0, 0.05) is 32.7 Å². The Morgan fingerprint density at radius 2 is 2.18 bits per heavy atom. The predicted molar refractivity (Wildman–Crippen MR) is 89.0 cm³/mol. The smallest absolute Gasteiger partial charge is 0.188 e. The predicted octanol–water partition coefficient (Wildman–Crippen LogP) is 2.01. The van der Waals surface area contributed by atoms with Crippen molar-refractivity contribution in [1.29, 1.82) is 0 Å². The van der Waals surface area contributed by atoms with Gasteiger partial charge >= 0.3 is 0 Å². The minimum Gasteiger partial charge on any atom is -0.383 e. The molecule has 0 radical (unpaired) electrons. The molecule has 0 aliphatic carbocycles. The Morgan fingerprint density at radius 3 is 2.91 bits per heavy atom. The van der Waals surface area contributed by atoms with Crippen molar-refractivity contribution in [2.75, 3.05) is 33.4 Å². The van der Waals surface area contributed by atoms with Crippen molar-refractivity contribution < 1.29 is 9.47 Å². The maximum Gasteiger partial charge on any atom is 0.188 e. The van der Waals surface area contributed by atoms with Crippen molar-refractivity contribution in [1.82, 2.24) is 5.32 Å². The summed E-state index contributed by atoms with van der Waals surface area (Å²) >= 11 is 0. The number of hydrogen-bond acceptors (Lipinski definition) is 3. The highest BCUT2D eigenvalue weighted by molar-refractivity contribution is 5.77. The standard InChI is InChI=1S/C17H27N3O2/c1-13-5-7-14(8-6-13)16-15(4-3-10-22-16)12-20-17(18)19-9-11-21-2/h5-8,15-16H,3-4,9-12H2,1-2H3,(H3,18,19,20). The zero-order chi connectivity index (χ0) is 15.8. The number of rotatable bonds is 6. The Labute approximate surface area is 132 Å². The third-order valence-corrected chi connectivity index (χ3v) is 3.96. The van der Waals surface area contributed by atoms with Gasteiger partial charge in [-0.1, -0.05) is 29.8 Å². The Balaban J connectivity index is 1.95. The van der Waals surface area contributed by atoms with Gasteiger partial charge in [-0.15, -0.1) is 0 Å². The molecule has 5 heteroatoms. The summed E-state index contributed by atoms with van der Waals surface area (Å²) in [6.45, 7) is 4.90. The minimum absolute atomic E-state index is 0.116. The number of guanidine groups is 1. The lowest BCUT2D eigenvalue weighted by molar-refractivity contribution is -0.0250. The molecule has 3 N–H and O–H groups in total. The summed E-state index contributed by atoms with van der Waals surface area (Å²) in [5, 5.41) is 3.05. The quantitative estimate of drug-likeness (QED) is 0.479. The molecule has 5 nitrogen and oxygen atoms in total. The summed E-state index contributed by atoms with van der Waals surface area (Å²) in [6, 6.07) is 8.58. The summed E-state index contributed by atoms with van der Waals surface area (Å²) < 4.78 is 11.0. The first kappa shape index (κ1) is 16.8. The number of hydrogen-bond donors (Lipinski definition) is 2. The van der Waals surface area contributed by atoms with Crippen molar-refractivity contribution in [3.63, 3.8) is 0 Å². The highest BCUT2D eigenvalue weighted by Gasteiger charge is 2.27. The molecule has 2 atom stereocenters. The minimum atomic E-state index is 0.116. The molecule has 0 aromatic heterocycles. The summed E-state index contributed by atoms with van der Waals surface area (Å²) in [6.07, 6.45) is 2.32. The second kappa shape index (κ2) is 8.76. The molecule has 2 rings (SSSR count). The number of benzene rings is 1. The fraction of sp³-hybridized carbons (Fsp3) is 0.588. The summed E-state index contributed by atoms with van der Waals surface area (Å²) in [5.41, 5.74) is 8.38. The van der Waals surface area contributed by atoms with Crippen LogP contribution in [-0.2, 0) is 9.47 Å². The number of aryl methyl sites for hydroxylation is 1. The number of nitrogens with zero attached hydrogens (tertiary/aromatic N) is 1. The second-order valence-corrected chi connectivity index (χ2v) is 5.75. The van der Waals surface area contributed by atoms with E-state index in [0.717, 1.165) is 19.4 Å². The van der Waals surface area contributed by atoms with E-state index in [4.69, 9.17) is 15.2 Å². The molecule has 2 unspecified atom stereocenters. The Kier molecular flexibility index (Phi) is 6.68. The lowest BCUT2D eigenvalue weighted by atomic mass is 9.89. The van der Waals surface area contributed by atoms with E-state index < -0.39 is 0 Å². The first-order valence-corrected chi connectivity index (χ1v) is 7.91. The van der Waals surface area contributed by atoms with E-state index in [1.165, 1.54) is 11.1 Å². The van der Waals surface area contributed by atoms with Gasteiger partial charge in [-0.05, 0) is 25.3 Å². The van der Waals surface area contributed by atoms with Crippen LogP contribution in [0.4, 0.5) is 0 Å². The molecule has 1 saturated heterocycles. The van der Waals surface area contributed by atoms with Gasteiger partial charge < -0.3 is 20.5 Å². The van der Waals surface area contributed by atoms with Gasteiger partial charge in [0.25, 0.3) is 0 Å². The Morgan fingerprint density at radius 1 is 1.41 bits per heavy atom. The first-order valence-electron chi connectivity index (χ1n) is 7.91. The van der Waals surface area contributed by atoms with Crippen molar-refractivity contribution >= 4 is 5.96 Å². The van der Waals surface area contributed by atoms with Gasteiger partial charge in [-0.2, -0.15) is 0 Å². The van der Waals surface area contributed by atoms with Gasteiger partial charge in [0.15, 0.2) is 5.96 Å². The molecule has 122 valence electrons.